The van der Waals surface area contributed by atoms with Gasteiger partial charge in [0.1, 0.15) is 11.2 Å². The summed E-state index contributed by atoms with van der Waals surface area (Å²) >= 11 is 0. The highest BCUT2D eigenvalue weighted by atomic mass is 16.3. The zero-order chi connectivity index (χ0) is 34.7. The summed E-state index contributed by atoms with van der Waals surface area (Å²) in [6.07, 6.45) is 4.10. The fourth-order valence-electron chi connectivity index (χ4n) is 7.00. The highest BCUT2D eigenvalue weighted by Gasteiger charge is 2.19. The average Bonchev–Trinajstić information content (AvgIpc) is 3.60. The molecule has 246 valence electrons. The van der Waals surface area contributed by atoms with Crippen molar-refractivity contribution in [2.24, 2.45) is 11.5 Å². The number of para-hydroxylation sites is 1. The maximum Gasteiger partial charge on any atom is 0.143 e. The van der Waals surface area contributed by atoms with Gasteiger partial charge in [-0.2, -0.15) is 0 Å². The van der Waals surface area contributed by atoms with Crippen LogP contribution in [0.4, 0.5) is 0 Å². The van der Waals surface area contributed by atoms with Crippen LogP contribution in [0, 0.1) is 0 Å². The van der Waals surface area contributed by atoms with E-state index in [4.69, 9.17) is 15.9 Å². The lowest BCUT2D eigenvalue weighted by Crippen LogP contribution is -2.04. The van der Waals surface area contributed by atoms with Crippen LogP contribution in [0.25, 0.3) is 66.7 Å². The molecule has 8 rings (SSSR count). The van der Waals surface area contributed by atoms with Crippen molar-refractivity contribution in [3.8, 4) is 33.4 Å². The quantitative estimate of drug-likeness (QED) is 0.171. The fraction of sp³-hybridized carbons (Fsp3) is 0.0417. The second-order valence-corrected chi connectivity index (χ2v) is 12.9. The standard InChI is InChI=1S/C48H38N2O/c1-2-44(49)37-26-24-35(25-27-37)41-29-28-40(47-42-18-9-10-19-46(42)51-48(41)47)34-20-22-36(23-21-34)43(33-14-7-4-8-15-33)31-45(50)39-17-11-16-38(30-39)32-12-5-3-6-13-32/h2-31,43H,49-50H2,1H3/b44-2-,45-31-. The third-order valence-electron chi connectivity index (χ3n) is 9.76. The monoisotopic (exact) mass is 658 g/mol. The molecular weight excluding hydrogens is 621 g/mol. The first-order valence-corrected chi connectivity index (χ1v) is 17.3. The Bertz CT molecular complexity index is 2520. The minimum absolute atomic E-state index is 0.0302. The first-order valence-electron chi connectivity index (χ1n) is 17.3. The van der Waals surface area contributed by atoms with Crippen LogP contribution in [0.15, 0.2) is 186 Å². The van der Waals surface area contributed by atoms with Crippen LogP contribution in [0.3, 0.4) is 0 Å². The molecule has 0 radical (unpaired) electrons. The van der Waals surface area contributed by atoms with Crippen molar-refractivity contribution in [3.05, 3.63) is 204 Å². The smallest absolute Gasteiger partial charge is 0.143 e. The Balaban J connectivity index is 1.19. The summed E-state index contributed by atoms with van der Waals surface area (Å²) in [6, 6.07) is 59.3. The number of hydrogen-bond acceptors (Lipinski definition) is 3. The number of allylic oxidation sites excluding steroid dienone is 2. The van der Waals surface area contributed by atoms with Crippen LogP contribution in [-0.4, -0.2) is 0 Å². The van der Waals surface area contributed by atoms with Crippen molar-refractivity contribution in [1.82, 2.24) is 0 Å². The highest BCUT2D eigenvalue weighted by molar-refractivity contribution is 6.16. The molecular formula is C48H38N2O. The summed E-state index contributed by atoms with van der Waals surface area (Å²) in [7, 11) is 0. The van der Waals surface area contributed by atoms with Gasteiger partial charge in [-0.3, -0.25) is 0 Å². The SMILES string of the molecule is C/C=C(\N)c1ccc(-c2ccc(-c3ccc(C(/C=C(\N)c4cccc(-c5ccccc5)c4)c4ccccc4)cc3)c3c2oc2ccccc23)cc1. The molecule has 0 aliphatic carbocycles. The molecule has 1 aromatic heterocycles. The Labute approximate surface area is 298 Å². The Hall–Kier alpha value is -6.58. The van der Waals surface area contributed by atoms with E-state index in [-0.39, 0.29) is 5.92 Å². The molecule has 0 amide bonds. The summed E-state index contributed by atoms with van der Waals surface area (Å²) in [5.41, 5.74) is 27.4. The van der Waals surface area contributed by atoms with E-state index >= 15 is 0 Å². The number of hydrogen-bond donors (Lipinski definition) is 2. The molecule has 0 aliphatic rings. The summed E-state index contributed by atoms with van der Waals surface area (Å²) in [5.74, 6) is -0.0302. The third kappa shape index (κ3) is 6.22. The lowest BCUT2D eigenvalue weighted by atomic mass is 9.88. The van der Waals surface area contributed by atoms with Crippen LogP contribution >= 0.6 is 0 Å². The largest absolute Gasteiger partial charge is 0.455 e. The van der Waals surface area contributed by atoms with E-state index in [9.17, 15) is 0 Å². The van der Waals surface area contributed by atoms with E-state index in [2.05, 4.69) is 158 Å². The molecule has 4 N–H and O–H groups in total. The molecule has 3 nitrogen and oxygen atoms in total. The summed E-state index contributed by atoms with van der Waals surface area (Å²) in [5, 5.41) is 2.20. The summed E-state index contributed by atoms with van der Waals surface area (Å²) in [4.78, 5) is 0. The fourth-order valence-corrected chi connectivity index (χ4v) is 7.00. The van der Waals surface area contributed by atoms with Crippen LogP contribution in [0.5, 0.6) is 0 Å². The van der Waals surface area contributed by atoms with E-state index in [1.54, 1.807) is 0 Å². The molecule has 0 saturated heterocycles. The number of rotatable bonds is 8. The van der Waals surface area contributed by atoms with Gasteiger partial charge in [0, 0.05) is 33.6 Å². The van der Waals surface area contributed by atoms with Crippen LogP contribution in [0.1, 0.15) is 35.1 Å². The second-order valence-electron chi connectivity index (χ2n) is 12.9. The van der Waals surface area contributed by atoms with Gasteiger partial charge in [0.25, 0.3) is 0 Å². The lowest BCUT2D eigenvalue weighted by molar-refractivity contribution is 0.670. The van der Waals surface area contributed by atoms with Crippen molar-refractivity contribution < 1.29 is 4.42 Å². The molecule has 0 aliphatic heterocycles. The zero-order valence-corrected chi connectivity index (χ0v) is 28.5. The second kappa shape index (κ2) is 13.7. The normalized spacial score (nSPS) is 12.7. The Morgan fingerprint density at radius 2 is 1.12 bits per heavy atom. The van der Waals surface area contributed by atoms with Gasteiger partial charge in [-0.25, -0.2) is 0 Å². The van der Waals surface area contributed by atoms with Gasteiger partial charge in [-0.15, -0.1) is 0 Å². The van der Waals surface area contributed by atoms with E-state index in [1.165, 1.54) is 11.1 Å². The van der Waals surface area contributed by atoms with E-state index in [1.807, 2.05) is 31.2 Å². The molecule has 0 fully saturated rings. The van der Waals surface area contributed by atoms with Crippen molar-refractivity contribution in [3.63, 3.8) is 0 Å². The van der Waals surface area contributed by atoms with Crippen molar-refractivity contribution in [2.75, 3.05) is 0 Å². The Morgan fingerprint density at radius 3 is 1.86 bits per heavy atom. The molecule has 0 saturated carbocycles. The molecule has 1 unspecified atom stereocenters. The lowest BCUT2D eigenvalue weighted by Gasteiger charge is -2.17. The Morgan fingerprint density at radius 1 is 0.510 bits per heavy atom. The van der Waals surface area contributed by atoms with Gasteiger partial charge < -0.3 is 15.9 Å². The minimum atomic E-state index is -0.0302. The average molecular weight is 659 g/mol. The van der Waals surface area contributed by atoms with Crippen LogP contribution in [0.2, 0.25) is 0 Å². The molecule has 8 aromatic rings. The zero-order valence-electron chi connectivity index (χ0n) is 28.5. The number of benzene rings is 7. The Kier molecular flexibility index (Phi) is 8.53. The van der Waals surface area contributed by atoms with Crippen LogP contribution < -0.4 is 11.5 Å². The van der Waals surface area contributed by atoms with E-state index in [0.29, 0.717) is 0 Å². The van der Waals surface area contributed by atoms with Gasteiger partial charge in [-0.05, 0) is 81.3 Å². The van der Waals surface area contributed by atoms with Crippen molar-refractivity contribution in [1.29, 1.82) is 0 Å². The predicted octanol–water partition coefficient (Wildman–Crippen LogP) is 12.0. The molecule has 1 atom stereocenters. The minimum Gasteiger partial charge on any atom is -0.455 e. The molecule has 7 aromatic carbocycles. The van der Waals surface area contributed by atoms with E-state index < -0.39 is 0 Å². The van der Waals surface area contributed by atoms with Gasteiger partial charge in [-0.1, -0.05) is 158 Å². The van der Waals surface area contributed by atoms with Gasteiger partial charge in [0.2, 0.25) is 0 Å². The highest BCUT2D eigenvalue weighted by Crippen LogP contribution is 2.42. The topological polar surface area (TPSA) is 65.2 Å². The maximum absolute atomic E-state index is 6.88. The number of furan rings is 1. The van der Waals surface area contributed by atoms with Crippen molar-refractivity contribution in [2.45, 2.75) is 12.8 Å². The molecule has 1 heterocycles. The van der Waals surface area contributed by atoms with Gasteiger partial charge in [0.05, 0.1) is 0 Å². The maximum atomic E-state index is 6.88. The van der Waals surface area contributed by atoms with E-state index in [0.717, 1.165) is 77.8 Å². The first kappa shape index (κ1) is 31.7. The number of nitrogens with two attached hydrogens (primary N) is 2. The summed E-state index contributed by atoms with van der Waals surface area (Å²) < 4.78 is 6.58. The summed E-state index contributed by atoms with van der Waals surface area (Å²) in [6.45, 7) is 1.95. The first-order chi connectivity index (χ1) is 25.1. The third-order valence-corrected chi connectivity index (χ3v) is 9.76. The molecule has 0 spiro atoms. The van der Waals surface area contributed by atoms with Gasteiger partial charge in [0.15, 0.2) is 0 Å². The number of fused-ring (bicyclic) bond motifs is 3. The van der Waals surface area contributed by atoms with Crippen LogP contribution in [-0.2, 0) is 0 Å². The van der Waals surface area contributed by atoms with Crippen molar-refractivity contribution >= 4 is 33.3 Å². The molecule has 3 heteroatoms. The predicted molar refractivity (Wildman–Crippen MR) is 215 cm³/mol. The van der Waals surface area contributed by atoms with Gasteiger partial charge >= 0.3 is 0 Å². The molecule has 0 bridgehead atoms. The molecule has 51 heavy (non-hydrogen) atoms.